The van der Waals surface area contributed by atoms with Crippen molar-refractivity contribution < 1.29 is 4.42 Å². The molecule has 0 saturated carbocycles. The fourth-order valence-corrected chi connectivity index (χ4v) is 7.61. The number of rotatable bonds is 4. The van der Waals surface area contributed by atoms with Gasteiger partial charge in [0.1, 0.15) is 11.2 Å². The molecule has 0 atom stereocenters. The lowest BCUT2D eigenvalue weighted by Gasteiger charge is -2.31. The number of furan rings is 1. The van der Waals surface area contributed by atoms with Gasteiger partial charge in [0.2, 0.25) is 0 Å². The van der Waals surface area contributed by atoms with Crippen LogP contribution < -0.4 is 4.90 Å². The molecule has 1 aromatic heterocycles. The lowest BCUT2D eigenvalue weighted by atomic mass is 9.82. The first-order valence-electron chi connectivity index (χ1n) is 15.6. The van der Waals surface area contributed by atoms with Gasteiger partial charge in [0, 0.05) is 21.9 Å². The highest BCUT2D eigenvalue weighted by atomic mass is 16.3. The number of benzene rings is 7. The van der Waals surface area contributed by atoms with Gasteiger partial charge in [-0.05, 0) is 63.4 Å². The van der Waals surface area contributed by atoms with Crippen LogP contribution in [0.1, 0.15) is 25.0 Å². The minimum atomic E-state index is -0.114. The second-order valence-electron chi connectivity index (χ2n) is 12.5. The molecule has 7 aromatic carbocycles. The van der Waals surface area contributed by atoms with E-state index < -0.39 is 0 Å². The van der Waals surface area contributed by atoms with Crippen molar-refractivity contribution in [3.05, 3.63) is 163 Å². The number of fused-ring (bicyclic) bond motifs is 7. The van der Waals surface area contributed by atoms with E-state index >= 15 is 0 Å². The third-order valence-corrected chi connectivity index (χ3v) is 9.67. The van der Waals surface area contributed by atoms with E-state index in [9.17, 15) is 0 Å². The zero-order chi connectivity index (χ0) is 30.1. The van der Waals surface area contributed by atoms with Gasteiger partial charge in [-0.3, -0.25) is 0 Å². The Morgan fingerprint density at radius 2 is 1.02 bits per heavy atom. The number of para-hydroxylation sites is 2. The molecule has 1 heterocycles. The Balaban J connectivity index is 1.42. The van der Waals surface area contributed by atoms with Crippen molar-refractivity contribution in [3.8, 4) is 22.3 Å². The summed E-state index contributed by atoms with van der Waals surface area (Å²) in [5.41, 5.74) is 12.7. The molecule has 0 aliphatic heterocycles. The summed E-state index contributed by atoms with van der Waals surface area (Å²) in [6.45, 7) is 4.69. The summed E-state index contributed by atoms with van der Waals surface area (Å²) in [7, 11) is 0. The molecule has 9 rings (SSSR count). The zero-order valence-corrected chi connectivity index (χ0v) is 25.3. The molecule has 45 heavy (non-hydrogen) atoms. The summed E-state index contributed by atoms with van der Waals surface area (Å²) in [6.07, 6.45) is 0. The molecule has 1 aliphatic carbocycles. The maximum absolute atomic E-state index is 6.44. The third-order valence-electron chi connectivity index (χ3n) is 9.67. The molecule has 0 unspecified atom stereocenters. The van der Waals surface area contributed by atoms with Gasteiger partial charge in [-0.2, -0.15) is 0 Å². The van der Waals surface area contributed by atoms with Gasteiger partial charge in [-0.25, -0.2) is 0 Å². The minimum absolute atomic E-state index is 0.114. The molecule has 0 amide bonds. The van der Waals surface area contributed by atoms with E-state index in [-0.39, 0.29) is 5.41 Å². The zero-order valence-electron chi connectivity index (χ0n) is 25.3. The molecule has 0 N–H and O–H groups in total. The molecular formula is C43H31NO. The Morgan fingerprint density at radius 3 is 1.93 bits per heavy atom. The number of anilines is 3. The second-order valence-corrected chi connectivity index (χ2v) is 12.5. The van der Waals surface area contributed by atoms with Crippen LogP contribution in [0.5, 0.6) is 0 Å². The van der Waals surface area contributed by atoms with Crippen LogP contribution >= 0.6 is 0 Å². The Morgan fingerprint density at radius 1 is 0.444 bits per heavy atom. The summed E-state index contributed by atoms with van der Waals surface area (Å²) < 4.78 is 6.44. The van der Waals surface area contributed by atoms with Gasteiger partial charge < -0.3 is 9.32 Å². The SMILES string of the molecule is CC1(C)c2ccccc2-c2c(N(c3ccccc3-c3cccc4ccccc34)c3cccc4oc5ccccc5c34)cccc21. The van der Waals surface area contributed by atoms with Crippen molar-refractivity contribution in [2.24, 2.45) is 0 Å². The van der Waals surface area contributed by atoms with E-state index in [2.05, 4.69) is 164 Å². The van der Waals surface area contributed by atoms with E-state index in [0.717, 1.165) is 39.0 Å². The Bertz CT molecular complexity index is 2420. The molecule has 1 aliphatic rings. The fraction of sp³-hybridized carbons (Fsp3) is 0.0698. The summed E-state index contributed by atoms with van der Waals surface area (Å²) >= 11 is 0. The van der Waals surface area contributed by atoms with Crippen LogP contribution in [0.15, 0.2) is 156 Å². The number of nitrogens with zero attached hydrogens (tertiary/aromatic N) is 1. The summed E-state index contributed by atoms with van der Waals surface area (Å²) in [6, 6.07) is 54.7. The monoisotopic (exact) mass is 577 g/mol. The van der Waals surface area contributed by atoms with Crippen molar-refractivity contribution in [3.63, 3.8) is 0 Å². The molecule has 0 saturated heterocycles. The van der Waals surface area contributed by atoms with Crippen molar-refractivity contribution in [1.29, 1.82) is 0 Å². The first kappa shape index (κ1) is 25.9. The van der Waals surface area contributed by atoms with E-state index in [1.165, 1.54) is 44.2 Å². The topological polar surface area (TPSA) is 16.4 Å². The number of hydrogen-bond donors (Lipinski definition) is 0. The van der Waals surface area contributed by atoms with Gasteiger partial charge in [0.15, 0.2) is 0 Å². The molecule has 214 valence electrons. The smallest absolute Gasteiger partial charge is 0.137 e. The van der Waals surface area contributed by atoms with E-state index in [0.29, 0.717) is 0 Å². The molecule has 2 heteroatoms. The van der Waals surface area contributed by atoms with Crippen molar-refractivity contribution in [2.45, 2.75) is 19.3 Å². The van der Waals surface area contributed by atoms with Gasteiger partial charge in [-0.1, -0.05) is 135 Å². The van der Waals surface area contributed by atoms with Crippen molar-refractivity contribution in [1.82, 2.24) is 0 Å². The van der Waals surface area contributed by atoms with Crippen molar-refractivity contribution >= 4 is 49.8 Å². The van der Waals surface area contributed by atoms with Crippen LogP contribution in [0.25, 0.3) is 55.0 Å². The quantitative estimate of drug-likeness (QED) is 0.207. The Hall–Kier alpha value is -5.60. The number of hydrogen-bond acceptors (Lipinski definition) is 2. The average molecular weight is 578 g/mol. The molecule has 0 bridgehead atoms. The predicted molar refractivity (Wildman–Crippen MR) is 189 cm³/mol. The molecule has 8 aromatic rings. The fourth-order valence-electron chi connectivity index (χ4n) is 7.61. The minimum Gasteiger partial charge on any atom is -0.456 e. The lowest BCUT2D eigenvalue weighted by molar-refractivity contribution is 0.660. The van der Waals surface area contributed by atoms with E-state index in [1.54, 1.807) is 0 Å². The third kappa shape index (κ3) is 3.76. The molecule has 2 nitrogen and oxygen atoms in total. The highest BCUT2D eigenvalue weighted by Crippen LogP contribution is 2.56. The Kier molecular flexibility index (Phi) is 5.58. The summed E-state index contributed by atoms with van der Waals surface area (Å²) in [4.78, 5) is 2.48. The van der Waals surface area contributed by atoms with Crippen LogP contribution in [-0.2, 0) is 5.41 Å². The molecule has 0 fully saturated rings. The summed E-state index contributed by atoms with van der Waals surface area (Å²) in [5.74, 6) is 0. The van der Waals surface area contributed by atoms with Crippen LogP contribution in [0, 0.1) is 0 Å². The van der Waals surface area contributed by atoms with Crippen LogP contribution in [-0.4, -0.2) is 0 Å². The normalized spacial score (nSPS) is 13.3. The van der Waals surface area contributed by atoms with Gasteiger partial charge >= 0.3 is 0 Å². The first-order chi connectivity index (χ1) is 22.1. The van der Waals surface area contributed by atoms with Gasteiger partial charge in [-0.15, -0.1) is 0 Å². The van der Waals surface area contributed by atoms with E-state index in [4.69, 9.17) is 4.42 Å². The highest BCUT2D eigenvalue weighted by molar-refractivity contribution is 6.15. The van der Waals surface area contributed by atoms with Crippen LogP contribution in [0.2, 0.25) is 0 Å². The van der Waals surface area contributed by atoms with E-state index in [1.807, 2.05) is 6.07 Å². The van der Waals surface area contributed by atoms with Crippen LogP contribution in [0.3, 0.4) is 0 Å². The molecule has 0 spiro atoms. The lowest BCUT2D eigenvalue weighted by Crippen LogP contribution is -2.16. The van der Waals surface area contributed by atoms with Crippen LogP contribution in [0.4, 0.5) is 17.1 Å². The maximum atomic E-state index is 6.44. The first-order valence-corrected chi connectivity index (χ1v) is 15.6. The van der Waals surface area contributed by atoms with Gasteiger partial charge in [0.05, 0.1) is 22.4 Å². The summed E-state index contributed by atoms with van der Waals surface area (Å²) in [5, 5.41) is 4.70. The highest BCUT2D eigenvalue weighted by Gasteiger charge is 2.38. The average Bonchev–Trinajstić information content (AvgIpc) is 3.58. The molecular weight excluding hydrogens is 546 g/mol. The second kappa shape index (κ2) is 9.70. The predicted octanol–water partition coefficient (Wildman–Crippen LogP) is 12.2. The van der Waals surface area contributed by atoms with Gasteiger partial charge in [0.25, 0.3) is 0 Å². The molecule has 0 radical (unpaired) electrons. The van der Waals surface area contributed by atoms with Crippen molar-refractivity contribution in [2.75, 3.05) is 4.90 Å². The standard InChI is InChI=1S/C43H31NO/c1-43(2)34-21-8-5-18-32(34)41-35(43)22-12-24-37(41)44(38-25-13-27-40-42(38)33-19-7-10-26-39(33)45-40)36-23-9-6-17-31(36)30-20-11-15-28-14-3-4-16-29(28)30/h3-27H,1-2H3. The largest absolute Gasteiger partial charge is 0.456 e. The maximum Gasteiger partial charge on any atom is 0.137 e. The Labute approximate surface area is 262 Å².